The third-order valence-corrected chi connectivity index (χ3v) is 3.50. The molecule has 0 unspecified atom stereocenters. The van der Waals surface area contributed by atoms with E-state index in [4.69, 9.17) is 11.6 Å². The average Bonchev–Trinajstić information content (AvgIpc) is 2.28. The van der Waals surface area contributed by atoms with E-state index in [2.05, 4.69) is 19.7 Å². The van der Waals surface area contributed by atoms with Gasteiger partial charge in [-0.2, -0.15) is 4.98 Å². The predicted molar refractivity (Wildman–Crippen MR) is 64.9 cm³/mol. The maximum absolute atomic E-state index is 11.9. The van der Waals surface area contributed by atoms with Crippen LogP contribution in [-0.2, 0) is 10.0 Å². The highest BCUT2D eigenvalue weighted by molar-refractivity contribution is 7.92. The zero-order valence-electron chi connectivity index (χ0n) is 8.79. The van der Waals surface area contributed by atoms with Crippen LogP contribution in [0.5, 0.6) is 0 Å². The van der Waals surface area contributed by atoms with Crippen molar-refractivity contribution < 1.29 is 8.42 Å². The van der Waals surface area contributed by atoms with E-state index in [-0.39, 0.29) is 11.1 Å². The summed E-state index contributed by atoms with van der Waals surface area (Å²) in [4.78, 5) is 20.8. The van der Waals surface area contributed by atoms with Gasteiger partial charge >= 0.3 is 0 Å². The molecule has 0 bridgehead atoms. The normalized spacial score (nSPS) is 11.2. The second-order valence-electron chi connectivity index (χ2n) is 3.19. The Morgan fingerprint density at radius 3 is 2.78 bits per heavy atom. The number of nitrogens with zero attached hydrogens (tertiary/aromatic N) is 2. The van der Waals surface area contributed by atoms with Crippen molar-refractivity contribution in [2.24, 2.45) is 0 Å². The molecule has 18 heavy (non-hydrogen) atoms. The van der Waals surface area contributed by atoms with Crippen molar-refractivity contribution in [2.45, 2.75) is 4.90 Å². The minimum absolute atomic E-state index is 0.0155. The summed E-state index contributed by atoms with van der Waals surface area (Å²) in [7, 11) is -4.00. The van der Waals surface area contributed by atoms with Gasteiger partial charge in [0.1, 0.15) is 5.82 Å². The van der Waals surface area contributed by atoms with Crippen LogP contribution in [0.25, 0.3) is 0 Å². The maximum atomic E-state index is 11.9. The second-order valence-corrected chi connectivity index (χ2v) is 5.18. The van der Waals surface area contributed by atoms with E-state index in [9.17, 15) is 13.2 Å². The third-order valence-electron chi connectivity index (χ3n) is 1.94. The fourth-order valence-electron chi connectivity index (χ4n) is 1.20. The highest BCUT2D eigenvalue weighted by Gasteiger charge is 2.18. The van der Waals surface area contributed by atoms with Gasteiger partial charge in [0.15, 0.2) is 4.90 Å². The molecule has 2 N–H and O–H groups in total. The smallest absolute Gasteiger partial charge is 0.268 e. The van der Waals surface area contributed by atoms with E-state index >= 15 is 0 Å². The van der Waals surface area contributed by atoms with Gasteiger partial charge in [-0.1, -0.05) is 0 Å². The highest BCUT2D eigenvalue weighted by Crippen LogP contribution is 2.11. The van der Waals surface area contributed by atoms with E-state index in [1.54, 1.807) is 0 Å². The van der Waals surface area contributed by atoms with Crippen LogP contribution in [0, 0.1) is 0 Å². The Morgan fingerprint density at radius 1 is 1.33 bits per heavy atom. The average molecular weight is 287 g/mol. The Bertz CT molecular complexity index is 728. The molecule has 7 nitrogen and oxygen atoms in total. The van der Waals surface area contributed by atoms with E-state index in [1.165, 1.54) is 18.5 Å². The van der Waals surface area contributed by atoms with Crippen molar-refractivity contribution in [3.63, 3.8) is 0 Å². The minimum atomic E-state index is -4.00. The van der Waals surface area contributed by atoms with Crippen molar-refractivity contribution in [1.82, 2.24) is 15.0 Å². The lowest BCUT2D eigenvalue weighted by Gasteiger charge is -2.05. The van der Waals surface area contributed by atoms with Crippen LogP contribution in [-0.4, -0.2) is 23.4 Å². The third kappa shape index (κ3) is 2.66. The summed E-state index contributed by atoms with van der Waals surface area (Å²) in [6.45, 7) is 0. The lowest BCUT2D eigenvalue weighted by atomic mass is 10.5. The van der Waals surface area contributed by atoms with Crippen LogP contribution in [0.15, 0.2) is 40.4 Å². The molecule has 0 atom stereocenters. The van der Waals surface area contributed by atoms with Gasteiger partial charge in [-0.25, -0.2) is 13.4 Å². The first-order chi connectivity index (χ1) is 8.49. The molecule has 0 fully saturated rings. The second kappa shape index (κ2) is 4.75. The molecule has 0 saturated heterocycles. The fraction of sp³-hybridized carbons (Fsp3) is 0. The molecule has 94 valence electrons. The molecule has 0 spiro atoms. The van der Waals surface area contributed by atoms with Crippen LogP contribution in [0.1, 0.15) is 0 Å². The molecule has 0 amide bonds. The lowest BCUT2D eigenvalue weighted by Crippen LogP contribution is -2.21. The monoisotopic (exact) mass is 286 g/mol. The number of halogens is 1. The van der Waals surface area contributed by atoms with Crippen molar-refractivity contribution in [1.29, 1.82) is 0 Å². The molecule has 0 radical (unpaired) electrons. The van der Waals surface area contributed by atoms with Gasteiger partial charge in [0.2, 0.25) is 10.7 Å². The van der Waals surface area contributed by atoms with Crippen molar-refractivity contribution in [2.75, 3.05) is 4.72 Å². The molecular weight excluding hydrogens is 280 g/mol. The number of pyridine rings is 1. The van der Waals surface area contributed by atoms with Gasteiger partial charge in [-0.05, 0) is 17.7 Å². The SMILES string of the molecule is O=c1cc[nH]cc1S(=O)(=O)Nc1ccnc(Cl)n1. The van der Waals surface area contributed by atoms with Crippen LogP contribution < -0.4 is 10.2 Å². The standard InChI is InChI=1S/C9H7ClN4O3S/c10-9-12-4-2-8(13-9)14-18(16,17)7-5-11-3-1-6(7)15/h1-5H,(H,11,15)(H,12,13,14). The summed E-state index contributed by atoms with van der Waals surface area (Å²) >= 11 is 5.53. The number of H-pyrrole nitrogens is 1. The summed E-state index contributed by atoms with van der Waals surface area (Å²) < 4.78 is 25.9. The molecule has 0 aliphatic heterocycles. The molecule has 2 rings (SSSR count). The van der Waals surface area contributed by atoms with E-state index in [1.807, 2.05) is 0 Å². The van der Waals surface area contributed by atoms with Crippen molar-refractivity contribution in [3.8, 4) is 0 Å². The van der Waals surface area contributed by atoms with Crippen LogP contribution in [0.3, 0.4) is 0 Å². The van der Waals surface area contributed by atoms with E-state index < -0.39 is 20.3 Å². The lowest BCUT2D eigenvalue weighted by molar-refractivity contribution is 0.600. The first-order valence-electron chi connectivity index (χ1n) is 4.67. The van der Waals surface area contributed by atoms with Crippen molar-refractivity contribution >= 4 is 27.4 Å². The van der Waals surface area contributed by atoms with Gasteiger partial charge in [0.05, 0.1) is 0 Å². The van der Waals surface area contributed by atoms with Gasteiger partial charge in [0, 0.05) is 24.7 Å². The maximum Gasteiger partial charge on any atom is 0.268 e. The summed E-state index contributed by atoms with van der Waals surface area (Å²) in [5, 5.41) is -0.0998. The zero-order valence-corrected chi connectivity index (χ0v) is 10.4. The number of anilines is 1. The molecule has 2 heterocycles. The van der Waals surface area contributed by atoms with Crippen LogP contribution in [0.4, 0.5) is 5.82 Å². The van der Waals surface area contributed by atoms with Crippen LogP contribution in [0.2, 0.25) is 5.28 Å². The quantitative estimate of drug-likeness (QED) is 0.805. The Labute approximate surface area is 107 Å². The van der Waals surface area contributed by atoms with Crippen LogP contribution >= 0.6 is 11.6 Å². The molecule has 0 aromatic carbocycles. The van der Waals surface area contributed by atoms with Gasteiger partial charge < -0.3 is 4.98 Å². The summed E-state index contributed by atoms with van der Waals surface area (Å²) in [5.41, 5.74) is -0.624. The molecule has 2 aromatic rings. The number of nitrogens with one attached hydrogen (secondary N) is 2. The Kier molecular flexibility index (Phi) is 3.30. The Morgan fingerprint density at radius 2 is 2.11 bits per heavy atom. The topological polar surface area (TPSA) is 105 Å². The zero-order chi connectivity index (χ0) is 13.2. The van der Waals surface area contributed by atoms with Gasteiger partial charge in [-0.3, -0.25) is 9.52 Å². The van der Waals surface area contributed by atoms with Gasteiger partial charge in [-0.15, -0.1) is 0 Å². The van der Waals surface area contributed by atoms with Gasteiger partial charge in [0.25, 0.3) is 10.0 Å². The number of aromatic nitrogens is 3. The first-order valence-corrected chi connectivity index (χ1v) is 6.53. The molecule has 9 heteroatoms. The minimum Gasteiger partial charge on any atom is -0.366 e. The number of rotatable bonds is 3. The van der Waals surface area contributed by atoms with Crippen molar-refractivity contribution in [3.05, 3.63) is 46.2 Å². The molecule has 0 aliphatic carbocycles. The fourth-order valence-corrected chi connectivity index (χ4v) is 2.40. The number of hydrogen-bond acceptors (Lipinski definition) is 5. The number of sulfonamides is 1. The van der Waals surface area contributed by atoms with E-state index in [0.29, 0.717) is 0 Å². The number of hydrogen-bond donors (Lipinski definition) is 2. The summed E-state index contributed by atoms with van der Waals surface area (Å²) in [6.07, 6.45) is 3.72. The summed E-state index contributed by atoms with van der Waals surface area (Å²) in [5.74, 6) is -0.0155. The molecular formula is C9H7ClN4O3S. The molecule has 2 aromatic heterocycles. The summed E-state index contributed by atoms with van der Waals surface area (Å²) in [6, 6.07) is 2.43. The molecule has 0 aliphatic rings. The first kappa shape index (κ1) is 12.5. The Hall–Kier alpha value is -1.93. The highest BCUT2D eigenvalue weighted by atomic mass is 35.5. The predicted octanol–water partition coefficient (Wildman–Crippen LogP) is 0.619. The number of aromatic amines is 1. The largest absolute Gasteiger partial charge is 0.366 e. The Balaban J connectivity index is 2.40. The van der Waals surface area contributed by atoms with E-state index in [0.717, 1.165) is 12.3 Å². The molecule has 0 saturated carbocycles.